The minimum atomic E-state index is -0.422. The van der Waals surface area contributed by atoms with Gasteiger partial charge in [-0.2, -0.15) is 0 Å². The van der Waals surface area contributed by atoms with Crippen molar-refractivity contribution in [2.24, 2.45) is 0 Å². The van der Waals surface area contributed by atoms with Crippen molar-refractivity contribution < 1.29 is 9.53 Å². The van der Waals surface area contributed by atoms with Crippen LogP contribution >= 0.6 is 0 Å². The number of hydrogen-bond acceptors (Lipinski definition) is 4. The van der Waals surface area contributed by atoms with Gasteiger partial charge in [-0.25, -0.2) is 14.8 Å². The zero-order chi connectivity index (χ0) is 12.1. The van der Waals surface area contributed by atoms with Crippen molar-refractivity contribution in [1.29, 1.82) is 0 Å². The molecule has 0 amide bonds. The summed E-state index contributed by atoms with van der Waals surface area (Å²) < 4.78 is 5.17. The SMILES string of the molecule is Cc1cncnc1C(=O)OCc1ccccc1. The highest BCUT2D eigenvalue weighted by atomic mass is 16.5. The number of esters is 1. The maximum Gasteiger partial charge on any atom is 0.357 e. The van der Waals surface area contributed by atoms with Crippen molar-refractivity contribution in [2.75, 3.05) is 0 Å². The number of nitrogens with zero attached hydrogens (tertiary/aromatic N) is 2. The van der Waals surface area contributed by atoms with Crippen LogP contribution in [0.1, 0.15) is 21.6 Å². The van der Waals surface area contributed by atoms with E-state index >= 15 is 0 Å². The summed E-state index contributed by atoms with van der Waals surface area (Å²) in [5, 5.41) is 0. The Kier molecular flexibility index (Phi) is 3.45. The summed E-state index contributed by atoms with van der Waals surface area (Å²) in [5.41, 5.74) is 1.98. The monoisotopic (exact) mass is 228 g/mol. The molecule has 17 heavy (non-hydrogen) atoms. The first-order valence-corrected chi connectivity index (χ1v) is 5.25. The van der Waals surface area contributed by atoms with Crippen LogP contribution in [0.4, 0.5) is 0 Å². The number of aromatic nitrogens is 2. The molecule has 0 fully saturated rings. The molecule has 0 saturated carbocycles. The van der Waals surface area contributed by atoms with Gasteiger partial charge in [-0.15, -0.1) is 0 Å². The summed E-state index contributed by atoms with van der Waals surface area (Å²) >= 11 is 0. The van der Waals surface area contributed by atoms with Gasteiger partial charge < -0.3 is 4.74 Å². The standard InChI is InChI=1S/C13H12N2O2/c1-10-7-14-9-15-12(10)13(16)17-8-11-5-3-2-4-6-11/h2-7,9H,8H2,1H3. The summed E-state index contributed by atoms with van der Waals surface area (Å²) in [6.45, 7) is 2.03. The Labute approximate surface area is 99.3 Å². The zero-order valence-electron chi connectivity index (χ0n) is 9.46. The third-order valence-electron chi connectivity index (χ3n) is 2.30. The molecule has 86 valence electrons. The molecule has 0 atom stereocenters. The molecule has 0 bridgehead atoms. The van der Waals surface area contributed by atoms with Crippen LogP contribution in [0.5, 0.6) is 0 Å². The van der Waals surface area contributed by atoms with Crippen molar-refractivity contribution in [3.63, 3.8) is 0 Å². The van der Waals surface area contributed by atoms with Crippen molar-refractivity contribution in [3.8, 4) is 0 Å². The Hall–Kier alpha value is -2.23. The quantitative estimate of drug-likeness (QED) is 0.755. The molecule has 1 heterocycles. The van der Waals surface area contributed by atoms with E-state index in [9.17, 15) is 4.79 Å². The lowest BCUT2D eigenvalue weighted by atomic mass is 10.2. The van der Waals surface area contributed by atoms with Gasteiger partial charge in [0.2, 0.25) is 0 Å². The largest absolute Gasteiger partial charge is 0.456 e. The summed E-state index contributed by atoms with van der Waals surface area (Å²) in [4.78, 5) is 19.5. The Morgan fingerprint density at radius 3 is 2.76 bits per heavy atom. The van der Waals surface area contributed by atoms with Crippen LogP contribution in [0.15, 0.2) is 42.9 Å². The van der Waals surface area contributed by atoms with Crippen molar-refractivity contribution in [1.82, 2.24) is 9.97 Å². The predicted molar refractivity (Wildman–Crippen MR) is 62.3 cm³/mol. The van der Waals surface area contributed by atoms with Gasteiger partial charge in [0.1, 0.15) is 12.9 Å². The Balaban J connectivity index is 2.01. The fourth-order valence-corrected chi connectivity index (χ4v) is 1.40. The number of aryl methyl sites for hydroxylation is 1. The first-order valence-electron chi connectivity index (χ1n) is 5.25. The lowest BCUT2D eigenvalue weighted by molar-refractivity contribution is 0.0464. The first-order chi connectivity index (χ1) is 8.27. The first kappa shape index (κ1) is 11.3. The third-order valence-corrected chi connectivity index (χ3v) is 2.30. The van der Waals surface area contributed by atoms with Crippen molar-refractivity contribution >= 4 is 5.97 Å². The Morgan fingerprint density at radius 2 is 2.06 bits per heavy atom. The third kappa shape index (κ3) is 2.87. The van der Waals surface area contributed by atoms with Crippen LogP contribution in [0.3, 0.4) is 0 Å². The zero-order valence-corrected chi connectivity index (χ0v) is 9.46. The number of benzene rings is 1. The second-order valence-electron chi connectivity index (χ2n) is 3.62. The van der Waals surface area contributed by atoms with E-state index in [1.165, 1.54) is 6.33 Å². The Bertz CT molecular complexity index is 512. The number of hydrogen-bond donors (Lipinski definition) is 0. The van der Waals surface area contributed by atoms with Crippen LogP contribution in [0.2, 0.25) is 0 Å². The minimum absolute atomic E-state index is 0.253. The average molecular weight is 228 g/mol. The van der Waals surface area contributed by atoms with Gasteiger partial charge in [-0.05, 0) is 12.5 Å². The molecule has 0 aliphatic heterocycles. The van der Waals surface area contributed by atoms with Gasteiger partial charge >= 0.3 is 5.97 Å². The molecule has 0 radical (unpaired) electrons. The fraction of sp³-hybridized carbons (Fsp3) is 0.154. The molecule has 0 saturated heterocycles. The minimum Gasteiger partial charge on any atom is -0.456 e. The van der Waals surface area contributed by atoms with Crippen LogP contribution in [-0.2, 0) is 11.3 Å². The molecule has 4 heteroatoms. The van der Waals surface area contributed by atoms with E-state index in [0.717, 1.165) is 5.56 Å². The second kappa shape index (κ2) is 5.21. The predicted octanol–water partition coefficient (Wildman–Crippen LogP) is 2.14. The van der Waals surface area contributed by atoms with Gasteiger partial charge in [0.15, 0.2) is 5.69 Å². The number of ether oxygens (including phenoxy) is 1. The molecule has 0 N–H and O–H groups in total. The van der Waals surface area contributed by atoms with E-state index in [0.29, 0.717) is 11.3 Å². The lowest BCUT2D eigenvalue weighted by Gasteiger charge is -2.05. The second-order valence-corrected chi connectivity index (χ2v) is 3.62. The smallest absolute Gasteiger partial charge is 0.357 e. The lowest BCUT2D eigenvalue weighted by Crippen LogP contribution is -2.09. The molecule has 2 aromatic rings. The molecular weight excluding hydrogens is 216 g/mol. The highest BCUT2D eigenvalue weighted by Gasteiger charge is 2.11. The van der Waals surface area contributed by atoms with E-state index in [2.05, 4.69) is 9.97 Å². The van der Waals surface area contributed by atoms with Crippen LogP contribution in [-0.4, -0.2) is 15.9 Å². The van der Waals surface area contributed by atoms with E-state index in [4.69, 9.17) is 4.74 Å². The normalized spacial score (nSPS) is 9.94. The maximum absolute atomic E-state index is 11.7. The molecule has 0 aliphatic carbocycles. The summed E-state index contributed by atoms with van der Waals surface area (Å²) in [7, 11) is 0. The van der Waals surface area contributed by atoms with Gasteiger partial charge in [0.25, 0.3) is 0 Å². The Morgan fingerprint density at radius 1 is 1.29 bits per heavy atom. The van der Waals surface area contributed by atoms with Crippen molar-refractivity contribution in [3.05, 3.63) is 59.7 Å². The van der Waals surface area contributed by atoms with Crippen LogP contribution in [0.25, 0.3) is 0 Å². The highest BCUT2D eigenvalue weighted by Crippen LogP contribution is 2.06. The highest BCUT2D eigenvalue weighted by molar-refractivity contribution is 5.88. The van der Waals surface area contributed by atoms with E-state index in [-0.39, 0.29) is 6.61 Å². The van der Waals surface area contributed by atoms with Crippen molar-refractivity contribution in [2.45, 2.75) is 13.5 Å². The molecule has 0 spiro atoms. The van der Waals surface area contributed by atoms with Gasteiger partial charge in [-0.1, -0.05) is 30.3 Å². The van der Waals surface area contributed by atoms with Gasteiger partial charge in [0, 0.05) is 11.8 Å². The maximum atomic E-state index is 11.7. The fourth-order valence-electron chi connectivity index (χ4n) is 1.40. The van der Waals surface area contributed by atoms with Gasteiger partial charge in [0.05, 0.1) is 0 Å². The molecule has 0 aliphatic rings. The average Bonchev–Trinajstić information content (AvgIpc) is 2.38. The van der Waals surface area contributed by atoms with E-state index in [1.807, 2.05) is 30.3 Å². The molecule has 2 rings (SSSR count). The van der Waals surface area contributed by atoms with Crippen LogP contribution in [0, 0.1) is 6.92 Å². The molecule has 4 nitrogen and oxygen atoms in total. The van der Waals surface area contributed by atoms with Gasteiger partial charge in [-0.3, -0.25) is 0 Å². The van der Waals surface area contributed by atoms with Crippen LogP contribution < -0.4 is 0 Å². The summed E-state index contributed by atoms with van der Waals surface area (Å²) in [5.74, 6) is -0.422. The summed E-state index contributed by atoms with van der Waals surface area (Å²) in [6, 6.07) is 9.53. The molecule has 0 unspecified atom stereocenters. The number of carbonyl (C=O) groups excluding carboxylic acids is 1. The van der Waals surface area contributed by atoms with E-state index in [1.54, 1.807) is 13.1 Å². The number of rotatable bonds is 3. The molecular formula is C13H12N2O2. The molecule has 1 aromatic carbocycles. The van der Waals surface area contributed by atoms with E-state index < -0.39 is 5.97 Å². The molecule has 1 aromatic heterocycles. The number of carbonyl (C=O) groups is 1. The summed E-state index contributed by atoms with van der Waals surface area (Å²) in [6.07, 6.45) is 2.93. The topological polar surface area (TPSA) is 52.1 Å².